The van der Waals surface area contributed by atoms with Crippen molar-refractivity contribution in [3.63, 3.8) is 0 Å². The molecule has 0 fully saturated rings. The molecule has 0 unspecified atom stereocenters. The molecule has 0 saturated carbocycles. The van der Waals surface area contributed by atoms with E-state index in [4.69, 9.17) is 0 Å². The number of aryl methyl sites for hydroxylation is 2. The van der Waals surface area contributed by atoms with Gasteiger partial charge in [0.15, 0.2) is 0 Å². The van der Waals surface area contributed by atoms with E-state index in [-0.39, 0.29) is 5.92 Å². The zero-order valence-electron chi connectivity index (χ0n) is 14.7. The van der Waals surface area contributed by atoms with Gasteiger partial charge in [0.25, 0.3) is 0 Å². The molecule has 26 heavy (non-hydrogen) atoms. The number of benzene rings is 3. The Morgan fingerprint density at radius 2 is 0.962 bits per heavy atom. The Bertz CT molecular complexity index is 808. The number of hydrogen-bond acceptors (Lipinski definition) is 3. The summed E-state index contributed by atoms with van der Waals surface area (Å²) in [5.74, 6) is 1.05. The first-order valence-corrected chi connectivity index (χ1v) is 8.97. The van der Waals surface area contributed by atoms with Gasteiger partial charge in [-0.2, -0.15) is 0 Å². The van der Waals surface area contributed by atoms with Crippen LogP contribution in [0.1, 0.15) is 35.4 Å². The Morgan fingerprint density at radius 1 is 0.538 bits per heavy atom. The fourth-order valence-electron chi connectivity index (χ4n) is 3.39. The predicted molar refractivity (Wildman–Crippen MR) is 104 cm³/mol. The van der Waals surface area contributed by atoms with Crippen molar-refractivity contribution in [1.29, 1.82) is 0 Å². The van der Waals surface area contributed by atoms with Crippen LogP contribution in [0.3, 0.4) is 0 Å². The van der Waals surface area contributed by atoms with Gasteiger partial charge in [-0.05, 0) is 66.5 Å². The second kappa shape index (κ2) is 8.43. The highest BCUT2D eigenvalue weighted by atomic mass is 16.3. The van der Waals surface area contributed by atoms with E-state index in [0.717, 1.165) is 42.4 Å². The average Bonchev–Trinajstić information content (AvgIpc) is 2.65. The first-order chi connectivity index (χ1) is 12.6. The standard InChI is InChI=1S/C23H24O3/c24-21-10-4-1-7-18(21)15-13-17(20-9-3-6-12-23(20)26)14-16-19-8-2-5-11-22(19)25/h1-12,17,24-26H,13-16H2. The summed E-state index contributed by atoms with van der Waals surface area (Å²) in [6, 6.07) is 22.2. The van der Waals surface area contributed by atoms with E-state index >= 15 is 0 Å². The lowest BCUT2D eigenvalue weighted by Crippen LogP contribution is -2.04. The van der Waals surface area contributed by atoms with Gasteiger partial charge in [0, 0.05) is 0 Å². The summed E-state index contributed by atoms with van der Waals surface area (Å²) < 4.78 is 0. The van der Waals surface area contributed by atoms with Crippen molar-refractivity contribution in [2.75, 3.05) is 0 Å². The van der Waals surface area contributed by atoms with Gasteiger partial charge in [0.2, 0.25) is 0 Å². The van der Waals surface area contributed by atoms with Gasteiger partial charge in [-0.15, -0.1) is 0 Å². The van der Waals surface area contributed by atoms with Crippen LogP contribution < -0.4 is 0 Å². The summed E-state index contributed by atoms with van der Waals surface area (Å²) in [5, 5.41) is 30.3. The van der Waals surface area contributed by atoms with Crippen molar-refractivity contribution in [3.05, 3.63) is 89.5 Å². The number of rotatable bonds is 7. The minimum Gasteiger partial charge on any atom is -0.508 e. The molecule has 0 heterocycles. The third-order valence-electron chi connectivity index (χ3n) is 4.88. The smallest absolute Gasteiger partial charge is 0.119 e. The Hall–Kier alpha value is -2.94. The number of phenolic OH excluding ortho intramolecular Hbond substituents is 3. The lowest BCUT2D eigenvalue weighted by Gasteiger charge is -2.19. The van der Waals surface area contributed by atoms with Crippen LogP contribution in [0.2, 0.25) is 0 Å². The van der Waals surface area contributed by atoms with Crippen molar-refractivity contribution in [2.45, 2.75) is 31.6 Å². The van der Waals surface area contributed by atoms with Crippen molar-refractivity contribution < 1.29 is 15.3 Å². The summed E-state index contributed by atoms with van der Waals surface area (Å²) in [5.41, 5.74) is 2.74. The minimum atomic E-state index is 0.135. The van der Waals surface area contributed by atoms with Crippen molar-refractivity contribution >= 4 is 0 Å². The molecule has 3 aromatic rings. The van der Waals surface area contributed by atoms with Crippen LogP contribution in [-0.2, 0) is 12.8 Å². The molecule has 0 aliphatic rings. The Kier molecular flexibility index (Phi) is 5.80. The molecule has 0 radical (unpaired) electrons. The number of phenols is 3. The second-order valence-corrected chi connectivity index (χ2v) is 6.59. The molecule has 3 rings (SSSR count). The maximum Gasteiger partial charge on any atom is 0.119 e. The van der Waals surface area contributed by atoms with Crippen LogP contribution in [0.4, 0.5) is 0 Å². The summed E-state index contributed by atoms with van der Waals surface area (Å²) in [7, 11) is 0. The largest absolute Gasteiger partial charge is 0.508 e. The highest BCUT2D eigenvalue weighted by Gasteiger charge is 2.17. The number of aromatic hydroxyl groups is 3. The molecule has 0 atom stereocenters. The minimum absolute atomic E-state index is 0.135. The van der Waals surface area contributed by atoms with Crippen LogP contribution in [0, 0.1) is 0 Å². The van der Waals surface area contributed by atoms with Crippen molar-refractivity contribution in [3.8, 4) is 17.2 Å². The van der Waals surface area contributed by atoms with E-state index in [1.807, 2.05) is 54.6 Å². The molecule has 3 nitrogen and oxygen atoms in total. The number of para-hydroxylation sites is 3. The van der Waals surface area contributed by atoms with Gasteiger partial charge in [0.1, 0.15) is 17.2 Å². The summed E-state index contributed by atoms with van der Waals surface area (Å²) in [6.45, 7) is 0. The molecule has 3 N–H and O–H groups in total. The van der Waals surface area contributed by atoms with Gasteiger partial charge in [-0.25, -0.2) is 0 Å². The Balaban J connectivity index is 1.77. The van der Waals surface area contributed by atoms with Crippen LogP contribution in [0.15, 0.2) is 72.8 Å². The predicted octanol–water partition coefficient (Wildman–Crippen LogP) is 5.15. The highest BCUT2D eigenvalue weighted by Crippen LogP contribution is 2.34. The Labute approximate surface area is 154 Å². The van der Waals surface area contributed by atoms with E-state index in [2.05, 4.69) is 0 Å². The van der Waals surface area contributed by atoms with Gasteiger partial charge < -0.3 is 15.3 Å². The van der Waals surface area contributed by atoms with Crippen LogP contribution in [0.25, 0.3) is 0 Å². The molecule has 3 aromatic carbocycles. The van der Waals surface area contributed by atoms with Crippen LogP contribution >= 0.6 is 0 Å². The molecule has 0 amide bonds. The Morgan fingerprint density at radius 3 is 1.42 bits per heavy atom. The third-order valence-corrected chi connectivity index (χ3v) is 4.88. The maximum atomic E-state index is 10.3. The monoisotopic (exact) mass is 348 g/mol. The third kappa shape index (κ3) is 4.37. The lowest BCUT2D eigenvalue weighted by atomic mass is 9.86. The zero-order chi connectivity index (χ0) is 18.4. The molecule has 0 saturated heterocycles. The summed E-state index contributed by atoms with van der Waals surface area (Å²) in [6.07, 6.45) is 3.07. The number of hydrogen-bond donors (Lipinski definition) is 3. The first-order valence-electron chi connectivity index (χ1n) is 8.97. The van der Waals surface area contributed by atoms with Gasteiger partial charge in [-0.1, -0.05) is 54.6 Å². The normalized spacial score (nSPS) is 11.0. The van der Waals surface area contributed by atoms with E-state index in [0.29, 0.717) is 17.2 Å². The molecule has 0 aliphatic carbocycles. The molecule has 0 aromatic heterocycles. The molecule has 0 bridgehead atoms. The zero-order valence-corrected chi connectivity index (χ0v) is 14.7. The second-order valence-electron chi connectivity index (χ2n) is 6.59. The average molecular weight is 348 g/mol. The summed E-state index contributed by atoms with van der Waals surface area (Å²) >= 11 is 0. The van der Waals surface area contributed by atoms with Crippen molar-refractivity contribution in [2.24, 2.45) is 0 Å². The topological polar surface area (TPSA) is 60.7 Å². The first kappa shape index (κ1) is 17.9. The summed E-state index contributed by atoms with van der Waals surface area (Å²) in [4.78, 5) is 0. The van der Waals surface area contributed by atoms with Gasteiger partial charge in [0.05, 0.1) is 0 Å². The highest BCUT2D eigenvalue weighted by molar-refractivity contribution is 5.37. The van der Waals surface area contributed by atoms with Crippen LogP contribution in [0.5, 0.6) is 17.2 Å². The SMILES string of the molecule is Oc1ccccc1CCC(CCc1ccccc1O)c1ccccc1O. The van der Waals surface area contributed by atoms with E-state index in [9.17, 15) is 15.3 Å². The van der Waals surface area contributed by atoms with Crippen molar-refractivity contribution in [1.82, 2.24) is 0 Å². The van der Waals surface area contributed by atoms with E-state index in [1.54, 1.807) is 18.2 Å². The molecule has 0 spiro atoms. The molecule has 0 aliphatic heterocycles. The fraction of sp³-hybridized carbons (Fsp3) is 0.217. The van der Waals surface area contributed by atoms with Crippen LogP contribution in [-0.4, -0.2) is 15.3 Å². The fourth-order valence-corrected chi connectivity index (χ4v) is 3.39. The molecular weight excluding hydrogens is 324 g/mol. The quantitative estimate of drug-likeness (QED) is 0.553. The van der Waals surface area contributed by atoms with Gasteiger partial charge >= 0.3 is 0 Å². The molecule has 3 heteroatoms. The van der Waals surface area contributed by atoms with E-state index < -0.39 is 0 Å². The van der Waals surface area contributed by atoms with Gasteiger partial charge in [-0.3, -0.25) is 0 Å². The van der Waals surface area contributed by atoms with E-state index in [1.165, 1.54) is 0 Å². The molecule has 134 valence electrons. The molecular formula is C23H24O3. The maximum absolute atomic E-state index is 10.3. The lowest BCUT2D eigenvalue weighted by molar-refractivity contribution is 0.445.